The number of carbonyl (C=O) groups is 2. The maximum absolute atomic E-state index is 11.8. The van der Waals surface area contributed by atoms with E-state index in [4.69, 9.17) is 27.9 Å². The molecule has 0 atom stereocenters. The third-order valence-corrected chi connectivity index (χ3v) is 3.41. The third-order valence-electron chi connectivity index (χ3n) is 2.82. The minimum Gasteiger partial charge on any atom is -0.454 e. The van der Waals surface area contributed by atoms with Crippen LogP contribution in [0.1, 0.15) is 15.9 Å². The van der Waals surface area contributed by atoms with Crippen LogP contribution in [0.3, 0.4) is 0 Å². The summed E-state index contributed by atoms with van der Waals surface area (Å²) in [4.78, 5) is 23.4. The standard InChI is InChI=1S/C17H12Cl2O3/c18-14-8-5-13(6-9-14)16(20)11-22-17(21)10-7-12-3-1-2-4-15(12)19/h1-10H,11H2/b10-7+. The lowest BCUT2D eigenvalue weighted by atomic mass is 10.1. The maximum Gasteiger partial charge on any atom is 0.331 e. The molecule has 0 radical (unpaired) electrons. The number of ketones is 1. The predicted molar refractivity (Wildman–Crippen MR) is 87.2 cm³/mol. The summed E-state index contributed by atoms with van der Waals surface area (Å²) >= 11 is 11.7. The van der Waals surface area contributed by atoms with Crippen molar-refractivity contribution in [3.63, 3.8) is 0 Å². The van der Waals surface area contributed by atoms with Crippen LogP contribution in [0, 0.1) is 0 Å². The highest BCUT2D eigenvalue weighted by molar-refractivity contribution is 6.32. The van der Waals surface area contributed by atoms with Crippen molar-refractivity contribution < 1.29 is 14.3 Å². The highest BCUT2D eigenvalue weighted by atomic mass is 35.5. The molecule has 112 valence electrons. The predicted octanol–water partition coefficient (Wildman–Crippen LogP) is 4.43. The zero-order valence-corrected chi connectivity index (χ0v) is 13.0. The average molecular weight is 335 g/mol. The van der Waals surface area contributed by atoms with E-state index < -0.39 is 5.97 Å². The second-order valence-electron chi connectivity index (χ2n) is 4.39. The Morgan fingerprint density at radius 2 is 1.68 bits per heavy atom. The van der Waals surface area contributed by atoms with Crippen LogP contribution in [0.25, 0.3) is 6.08 Å². The van der Waals surface area contributed by atoms with Gasteiger partial charge < -0.3 is 4.74 Å². The van der Waals surface area contributed by atoms with Gasteiger partial charge >= 0.3 is 5.97 Å². The first kappa shape index (κ1) is 16.3. The van der Waals surface area contributed by atoms with Crippen LogP contribution < -0.4 is 0 Å². The smallest absolute Gasteiger partial charge is 0.331 e. The molecule has 2 rings (SSSR count). The molecule has 0 bridgehead atoms. The molecule has 5 heteroatoms. The fraction of sp³-hybridized carbons (Fsp3) is 0.0588. The van der Waals surface area contributed by atoms with Gasteiger partial charge in [-0.3, -0.25) is 4.79 Å². The Morgan fingerprint density at radius 3 is 2.36 bits per heavy atom. The number of benzene rings is 2. The molecule has 0 heterocycles. The first-order valence-corrected chi connectivity index (χ1v) is 7.20. The van der Waals surface area contributed by atoms with E-state index in [1.165, 1.54) is 12.2 Å². The SMILES string of the molecule is O=C(/C=C/c1ccccc1Cl)OCC(=O)c1ccc(Cl)cc1. The van der Waals surface area contributed by atoms with E-state index in [2.05, 4.69) is 0 Å². The van der Waals surface area contributed by atoms with Crippen LogP contribution in [0.15, 0.2) is 54.6 Å². The molecule has 0 saturated heterocycles. The number of carbonyl (C=O) groups excluding carboxylic acids is 2. The molecule has 22 heavy (non-hydrogen) atoms. The minimum atomic E-state index is -0.609. The van der Waals surface area contributed by atoms with Crippen molar-refractivity contribution in [3.8, 4) is 0 Å². The molecule has 2 aromatic carbocycles. The number of Topliss-reactive ketones (excluding diaryl/α,β-unsaturated/α-hetero) is 1. The van der Waals surface area contributed by atoms with E-state index in [1.54, 1.807) is 48.5 Å². The highest BCUT2D eigenvalue weighted by Crippen LogP contribution is 2.16. The van der Waals surface area contributed by atoms with Crippen LogP contribution >= 0.6 is 23.2 Å². The van der Waals surface area contributed by atoms with E-state index in [1.807, 2.05) is 0 Å². The van der Waals surface area contributed by atoms with E-state index in [-0.39, 0.29) is 12.4 Å². The largest absolute Gasteiger partial charge is 0.454 e. The quantitative estimate of drug-likeness (QED) is 0.461. The summed E-state index contributed by atoms with van der Waals surface area (Å²) in [6.45, 7) is -0.326. The summed E-state index contributed by atoms with van der Waals surface area (Å²) in [7, 11) is 0. The summed E-state index contributed by atoms with van der Waals surface area (Å²) in [6.07, 6.45) is 2.77. The Kier molecular flexibility index (Phi) is 5.75. The Morgan fingerprint density at radius 1 is 1.00 bits per heavy atom. The maximum atomic E-state index is 11.8. The van der Waals surface area contributed by atoms with Crippen molar-refractivity contribution in [2.24, 2.45) is 0 Å². The van der Waals surface area contributed by atoms with Crippen molar-refractivity contribution in [3.05, 3.63) is 75.8 Å². The molecule has 3 nitrogen and oxygen atoms in total. The molecular formula is C17H12Cl2O3. The summed E-state index contributed by atoms with van der Waals surface area (Å²) in [6, 6.07) is 13.5. The van der Waals surface area contributed by atoms with E-state index in [9.17, 15) is 9.59 Å². The Balaban J connectivity index is 1.89. The van der Waals surface area contributed by atoms with E-state index in [0.717, 1.165) is 0 Å². The third kappa shape index (κ3) is 4.72. The van der Waals surface area contributed by atoms with Gasteiger partial charge in [-0.1, -0.05) is 41.4 Å². The van der Waals surface area contributed by atoms with Gasteiger partial charge in [0.2, 0.25) is 0 Å². The lowest BCUT2D eigenvalue weighted by Crippen LogP contribution is -2.12. The Hall–Kier alpha value is -2.10. The van der Waals surface area contributed by atoms with Gasteiger partial charge in [0.25, 0.3) is 0 Å². The fourth-order valence-corrected chi connectivity index (χ4v) is 2.00. The van der Waals surface area contributed by atoms with Gasteiger partial charge in [0.15, 0.2) is 12.4 Å². The summed E-state index contributed by atoms with van der Waals surface area (Å²) in [5.74, 6) is -0.904. The Bertz CT molecular complexity index is 706. The number of halogens is 2. The highest BCUT2D eigenvalue weighted by Gasteiger charge is 2.08. The molecule has 0 aliphatic rings. The van der Waals surface area contributed by atoms with E-state index >= 15 is 0 Å². The van der Waals surface area contributed by atoms with Gasteiger partial charge in [-0.05, 0) is 42.0 Å². The van der Waals surface area contributed by atoms with Gasteiger partial charge in [0, 0.05) is 21.7 Å². The first-order valence-electron chi connectivity index (χ1n) is 6.44. The molecule has 0 aliphatic heterocycles. The normalized spacial score (nSPS) is 10.6. The molecule has 0 fully saturated rings. The second kappa shape index (κ2) is 7.78. The molecular weight excluding hydrogens is 323 g/mol. The molecule has 0 aliphatic carbocycles. The van der Waals surface area contributed by atoms with Crippen molar-refractivity contribution >= 4 is 41.0 Å². The fourth-order valence-electron chi connectivity index (χ4n) is 1.67. The molecule has 0 spiro atoms. The van der Waals surface area contributed by atoms with Crippen LogP contribution in [-0.4, -0.2) is 18.4 Å². The van der Waals surface area contributed by atoms with Crippen molar-refractivity contribution in [1.82, 2.24) is 0 Å². The second-order valence-corrected chi connectivity index (χ2v) is 5.24. The monoisotopic (exact) mass is 334 g/mol. The van der Waals surface area contributed by atoms with Crippen molar-refractivity contribution in [1.29, 1.82) is 0 Å². The first-order chi connectivity index (χ1) is 10.6. The van der Waals surface area contributed by atoms with Gasteiger partial charge in [0.1, 0.15) is 0 Å². The summed E-state index contributed by atoms with van der Waals surface area (Å²) in [5, 5.41) is 1.07. The van der Waals surface area contributed by atoms with E-state index in [0.29, 0.717) is 21.2 Å². The van der Waals surface area contributed by atoms with Crippen molar-refractivity contribution in [2.45, 2.75) is 0 Å². The van der Waals surface area contributed by atoms with Crippen LogP contribution in [-0.2, 0) is 9.53 Å². The molecule has 0 saturated carbocycles. The van der Waals surface area contributed by atoms with Crippen LogP contribution in [0.4, 0.5) is 0 Å². The van der Waals surface area contributed by atoms with Gasteiger partial charge in [-0.15, -0.1) is 0 Å². The lowest BCUT2D eigenvalue weighted by Gasteiger charge is -2.02. The molecule has 2 aromatic rings. The number of rotatable bonds is 5. The zero-order valence-electron chi connectivity index (χ0n) is 11.5. The van der Waals surface area contributed by atoms with Gasteiger partial charge in [0.05, 0.1) is 0 Å². The molecule has 0 N–H and O–H groups in total. The average Bonchev–Trinajstić information content (AvgIpc) is 2.52. The number of ether oxygens (including phenoxy) is 1. The lowest BCUT2D eigenvalue weighted by molar-refractivity contribution is -0.136. The minimum absolute atomic E-state index is 0.295. The van der Waals surface area contributed by atoms with Gasteiger partial charge in [-0.2, -0.15) is 0 Å². The Labute approximate surface area is 138 Å². The zero-order chi connectivity index (χ0) is 15.9. The number of hydrogen-bond donors (Lipinski definition) is 0. The van der Waals surface area contributed by atoms with Crippen LogP contribution in [0.2, 0.25) is 10.0 Å². The summed E-state index contributed by atoms with van der Waals surface area (Å²) < 4.78 is 4.90. The van der Waals surface area contributed by atoms with Gasteiger partial charge in [-0.25, -0.2) is 4.79 Å². The summed E-state index contributed by atoms with van der Waals surface area (Å²) in [5.41, 5.74) is 1.14. The van der Waals surface area contributed by atoms with Crippen LogP contribution in [0.5, 0.6) is 0 Å². The molecule has 0 unspecified atom stereocenters. The topological polar surface area (TPSA) is 43.4 Å². The number of hydrogen-bond acceptors (Lipinski definition) is 3. The molecule has 0 amide bonds. The molecule has 0 aromatic heterocycles. The number of esters is 1. The van der Waals surface area contributed by atoms with Crippen molar-refractivity contribution in [2.75, 3.05) is 6.61 Å².